The average Bonchev–Trinajstić information content (AvgIpc) is 3.39. The number of methoxy groups -OCH3 is 3. The Kier molecular flexibility index (Phi) is 9.25. The van der Waals surface area contributed by atoms with E-state index >= 15 is 0 Å². The minimum absolute atomic E-state index is 0.151. The van der Waals surface area contributed by atoms with E-state index in [9.17, 15) is 19.8 Å². The van der Waals surface area contributed by atoms with Crippen molar-refractivity contribution in [3.8, 4) is 17.2 Å². The smallest absolute Gasteiger partial charge is 0.347 e. The van der Waals surface area contributed by atoms with Gasteiger partial charge in [0.1, 0.15) is 22.6 Å². The summed E-state index contributed by atoms with van der Waals surface area (Å²) in [6.45, 7) is 7.00. The molecule has 1 saturated heterocycles. The lowest BCUT2D eigenvalue weighted by atomic mass is 10.0. The van der Waals surface area contributed by atoms with Crippen LogP contribution in [0.5, 0.6) is 17.2 Å². The van der Waals surface area contributed by atoms with Gasteiger partial charge in [-0.3, -0.25) is 15.0 Å². The van der Waals surface area contributed by atoms with Gasteiger partial charge in [0.05, 0.1) is 27.0 Å². The number of carboxylic acids is 2. The van der Waals surface area contributed by atoms with Crippen molar-refractivity contribution in [3.63, 3.8) is 0 Å². The van der Waals surface area contributed by atoms with Gasteiger partial charge < -0.3 is 34.2 Å². The predicted octanol–water partition coefficient (Wildman–Crippen LogP) is 3.26. The number of hydrogen-bond donors (Lipinski definition) is 3. The molecule has 3 N–H and O–H groups in total. The Morgan fingerprint density at radius 3 is 2.20 bits per heavy atom. The molecule has 1 fully saturated rings. The van der Waals surface area contributed by atoms with Crippen LogP contribution in [0.2, 0.25) is 0 Å². The molecule has 1 unspecified atom stereocenters. The van der Waals surface area contributed by atoms with Crippen molar-refractivity contribution in [2.75, 3.05) is 69.2 Å². The van der Waals surface area contributed by atoms with Crippen LogP contribution in [0.4, 0.5) is 22.7 Å². The van der Waals surface area contributed by atoms with E-state index in [4.69, 9.17) is 24.2 Å². The summed E-state index contributed by atoms with van der Waals surface area (Å²) in [5.41, 5.74) is 2.37. The Bertz CT molecular complexity index is 1520. The first kappa shape index (κ1) is 31.1. The summed E-state index contributed by atoms with van der Waals surface area (Å²) in [4.78, 5) is 43.9. The highest BCUT2D eigenvalue weighted by atomic mass is 32.1. The molecule has 0 radical (unpaired) electrons. The number of hydrogen-bond acceptors (Lipinski definition) is 13. The van der Waals surface area contributed by atoms with Crippen LogP contribution in [-0.4, -0.2) is 102 Å². The second-order valence-corrected chi connectivity index (χ2v) is 11.6. The van der Waals surface area contributed by atoms with E-state index in [2.05, 4.69) is 20.1 Å². The van der Waals surface area contributed by atoms with E-state index in [1.807, 2.05) is 17.0 Å². The molecule has 15 heteroatoms. The summed E-state index contributed by atoms with van der Waals surface area (Å²) >= 11 is 1.03. The zero-order valence-electron chi connectivity index (χ0n) is 25.4. The Morgan fingerprint density at radius 1 is 0.977 bits per heavy atom. The molecule has 2 aliphatic rings. The number of aromatic nitrogens is 3. The summed E-state index contributed by atoms with van der Waals surface area (Å²) < 4.78 is 16.7. The van der Waals surface area contributed by atoms with E-state index in [-0.39, 0.29) is 4.88 Å². The SMILES string of the molecule is COc1cc(CN2CCCc3c(N4CCN(C(C)C(=O)O)CC4)nc(Nc4nc(C)c(C(=O)O)s4)nc32)cc(OC)c1OC. The minimum atomic E-state index is -1.04. The van der Waals surface area contributed by atoms with Crippen molar-refractivity contribution in [2.24, 2.45) is 0 Å². The van der Waals surface area contributed by atoms with Gasteiger partial charge in [0.15, 0.2) is 16.6 Å². The molecule has 3 aromatic rings. The molecule has 2 aliphatic heterocycles. The van der Waals surface area contributed by atoms with Gasteiger partial charge in [0.2, 0.25) is 11.7 Å². The molecule has 44 heavy (non-hydrogen) atoms. The maximum absolute atomic E-state index is 11.6. The minimum Gasteiger partial charge on any atom is -0.493 e. The molecule has 1 atom stereocenters. The number of anilines is 4. The van der Waals surface area contributed by atoms with Gasteiger partial charge in [-0.05, 0) is 44.4 Å². The van der Waals surface area contributed by atoms with Gasteiger partial charge in [-0.2, -0.15) is 9.97 Å². The van der Waals surface area contributed by atoms with Crippen LogP contribution >= 0.6 is 11.3 Å². The zero-order chi connectivity index (χ0) is 31.5. The first-order valence-electron chi connectivity index (χ1n) is 14.3. The van der Waals surface area contributed by atoms with Crippen LogP contribution in [0.25, 0.3) is 0 Å². The normalized spacial score (nSPS) is 15.8. The van der Waals surface area contributed by atoms with Crippen LogP contribution < -0.4 is 29.3 Å². The highest BCUT2D eigenvalue weighted by Gasteiger charge is 2.31. The molecule has 0 saturated carbocycles. The number of aryl methyl sites for hydroxylation is 1. The van der Waals surface area contributed by atoms with Crippen molar-refractivity contribution in [2.45, 2.75) is 39.3 Å². The highest BCUT2D eigenvalue weighted by molar-refractivity contribution is 7.17. The molecule has 0 spiro atoms. The lowest BCUT2D eigenvalue weighted by Gasteiger charge is -2.39. The second-order valence-electron chi connectivity index (χ2n) is 10.6. The quantitative estimate of drug-likeness (QED) is 0.284. The van der Waals surface area contributed by atoms with Crippen LogP contribution in [0, 0.1) is 6.92 Å². The molecule has 1 aromatic carbocycles. The second kappa shape index (κ2) is 13.1. The third kappa shape index (κ3) is 6.28. The third-order valence-electron chi connectivity index (χ3n) is 7.94. The van der Waals surface area contributed by atoms with Crippen molar-refractivity contribution < 1.29 is 34.0 Å². The number of aliphatic carboxylic acids is 1. The molecule has 236 valence electrons. The van der Waals surface area contributed by atoms with Crippen LogP contribution in [0.15, 0.2) is 12.1 Å². The maximum Gasteiger partial charge on any atom is 0.347 e. The summed E-state index contributed by atoms with van der Waals surface area (Å²) in [6.07, 6.45) is 1.67. The largest absolute Gasteiger partial charge is 0.493 e. The standard InChI is InChI=1S/C29H37N7O7S/c1-16-23(27(39)40)44-29(30-16)33-28-31-24(35-11-9-34(10-12-35)17(2)26(37)38)19-7-6-8-36(25(19)32-28)15-18-13-20(41-3)22(43-5)21(14-18)42-4/h13-14,17H,6-12,15H2,1-5H3,(H,37,38)(H,39,40)(H,30,31,32,33). The van der Waals surface area contributed by atoms with Gasteiger partial charge in [-0.15, -0.1) is 0 Å². The van der Waals surface area contributed by atoms with Crippen LogP contribution in [0.1, 0.15) is 39.8 Å². The first-order chi connectivity index (χ1) is 21.1. The topological polar surface area (TPSA) is 163 Å². The summed E-state index contributed by atoms with van der Waals surface area (Å²) in [6, 6.07) is 3.27. The number of nitrogens with zero attached hydrogens (tertiary/aromatic N) is 6. The van der Waals surface area contributed by atoms with E-state index < -0.39 is 18.0 Å². The van der Waals surface area contributed by atoms with Crippen molar-refractivity contribution in [1.82, 2.24) is 19.9 Å². The van der Waals surface area contributed by atoms with Crippen LogP contribution in [-0.2, 0) is 17.8 Å². The maximum atomic E-state index is 11.6. The fourth-order valence-corrected chi connectivity index (χ4v) is 6.44. The van der Waals surface area contributed by atoms with Gasteiger partial charge in [-0.25, -0.2) is 9.78 Å². The van der Waals surface area contributed by atoms with Crippen molar-refractivity contribution in [1.29, 1.82) is 0 Å². The highest BCUT2D eigenvalue weighted by Crippen LogP contribution is 2.40. The van der Waals surface area contributed by atoms with E-state index in [1.165, 1.54) is 0 Å². The van der Waals surface area contributed by atoms with E-state index in [0.29, 0.717) is 66.7 Å². The number of benzene rings is 1. The number of carboxylic acid groups (broad SMARTS) is 2. The van der Waals surface area contributed by atoms with E-state index in [1.54, 1.807) is 35.2 Å². The molecule has 2 aromatic heterocycles. The number of piperazine rings is 1. The number of thiazole rings is 1. The zero-order valence-corrected chi connectivity index (χ0v) is 26.2. The molecule has 14 nitrogen and oxygen atoms in total. The predicted molar refractivity (Wildman–Crippen MR) is 165 cm³/mol. The summed E-state index contributed by atoms with van der Waals surface area (Å²) in [5, 5.41) is 22.6. The number of fused-ring (bicyclic) bond motifs is 1. The fourth-order valence-electron chi connectivity index (χ4n) is 5.64. The monoisotopic (exact) mass is 627 g/mol. The Hall–Kier alpha value is -4.37. The van der Waals surface area contributed by atoms with Crippen LogP contribution in [0.3, 0.4) is 0 Å². The molecule has 0 aliphatic carbocycles. The summed E-state index contributed by atoms with van der Waals surface area (Å²) in [5.74, 6) is 1.62. The molecule has 0 amide bonds. The Morgan fingerprint density at radius 2 is 1.64 bits per heavy atom. The molecule has 5 rings (SSSR count). The number of rotatable bonds is 11. The molecule has 0 bridgehead atoms. The third-order valence-corrected chi connectivity index (χ3v) is 9.01. The molecule has 4 heterocycles. The van der Waals surface area contributed by atoms with Gasteiger partial charge in [0, 0.05) is 44.8 Å². The molecular formula is C29H37N7O7S. The van der Waals surface area contributed by atoms with Gasteiger partial charge in [-0.1, -0.05) is 11.3 Å². The average molecular weight is 628 g/mol. The molecular weight excluding hydrogens is 590 g/mol. The number of nitrogens with one attached hydrogen (secondary N) is 1. The van der Waals surface area contributed by atoms with Gasteiger partial charge in [0.25, 0.3) is 0 Å². The summed E-state index contributed by atoms with van der Waals surface area (Å²) in [7, 11) is 4.74. The number of ether oxygens (including phenoxy) is 3. The lowest BCUT2D eigenvalue weighted by Crippen LogP contribution is -2.52. The lowest BCUT2D eigenvalue weighted by molar-refractivity contribution is -0.142. The van der Waals surface area contributed by atoms with Gasteiger partial charge >= 0.3 is 11.9 Å². The Labute approximate surface area is 259 Å². The van der Waals surface area contributed by atoms with Crippen molar-refractivity contribution >= 4 is 46.0 Å². The number of carbonyl (C=O) groups is 2. The first-order valence-corrected chi connectivity index (χ1v) is 15.1. The fraction of sp³-hybridized carbons (Fsp3) is 0.483. The number of aromatic carboxylic acids is 1. The van der Waals surface area contributed by atoms with Crippen molar-refractivity contribution in [3.05, 3.63) is 33.8 Å². The Balaban J connectivity index is 1.52. The van der Waals surface area contributed by atoms with E-state index in [0.717, 1.165) is 53.5 Å².